The molecular formula is C33H61FN4O3. The first-order valence-electron chi connectivity index (χ1n) is 15.3. The van der Waals surface area contributed by atoms with Crippen molar-refractivity contribution < 1.29 is 18.7 Å². The van der Waals surface area contributed by atoms with Gasteiger partial charge in [-0.1, -0.05) is 39.5 Å². The molecule has 0 bridgehead atoms. The number of aldehydes is 1. The Hall–Kier alpha value is -1.87. The van der Waals surface area contributed by atoms with Crippen molar-refractivity contribution in [1.29, 1.82) is 0 Å². The fourth-order valence-corrected chi connectivity index (χ4v) is 4.56. The highest BCUT2D eigenvalue weighted by molar-refractivity contribution is 5.75. The van der Waals surface area contributed by atoms with E-state index in [2.05, 4.69) is 67.3 Å². The number of halogens is 1. The van der Waals surface area contributed by atoms with Gasteiger partial charge in [0.15, 0.2) is 0 Å². The number of rotatable bonds is 13. The Morgan fingerprint density at radius 2 is 1.63 bits per heavy atom. The van der Waals surface area contributed by atoms with Crippen molar-refractivity contribution in [3.05, 3.63) is 36.1 Å². The molecule has 238 valence electrons. The number of likely N-dealkylation sites (N-methyl/N-ethyl adjacent to an activating group) is 1. The zero-order valence-electron chi connectivity index (χ0n) is 27.8. The van der Waals surface area contributed by atoms with E-state index >= 15 is 4.39 Å². The van der Waals surface area contributed by atoms with Gasteiger partial charge >= 0.3 is 0 Å². The topological polar surface area (TPSA) is 56.3 Å². The summed E-state index contributed by atoms with van der Waals surface area (Å²) < 4.78 is 20.6. The third-order valence-electron chi connectivity index (χ3n) is 7.59. The summed E-state index contributed by atoms with van der Waals surface area (Å²) in [4.78, 5) is 28.2. The van der Waals surface area contributed by atoms with Crippen LogP contribution in [-0.2, 0) is 14.3 Å². The summed E-state index contributed by atoms with van der Waals surface area (Å²) in [6.07, 6.45) is 11.4. The van der Waals surface area contributed by atoms with Gasteiger partial charge in [0.25, 0.3) is 0 Å². The van der Waals surface area contributed by atoms with Gasteiger partial charge in [0.2, 0.25) is 0 Å². The quantitative estimate of drug-likeness (QED) is 0.160. The van der Waals surface area contributed by atoms with Crippen molar-refractivity contribution >= 4 is 12.1 Å². The van der Waals surface area contributed by atoms with E-state index < -0.39 is 5.67 Å². The number of carbonyl (C=O) groups excluding carboxylic acids is 2. The molecule has 2 aliphatic rings. The van der Waals surface area contributed by atoms with Crippen LogP contribution in [0.1, 0.15) is 73.6 Å². The number of likely N-dealkylation sites (tertiary alicyclic amines) is 1. The lowest BCUT2D eigenvalue weighted by molar-refractivity contribution is -0.117. The fourth-order valence-electron chi connectivity index (χ4n) is 4.56. The summed E-state index contributed by atoms with van der Waals surface area (Å²) in [5, 5.41) is 0. The van der Waals surface area contributed by atoms with Crippen molar-refractivity contribution in [2.45, 2.75) is 85.5 Å². The molecule has 2 aliphatic heterocycles. The first kappa shape index (κ1) is 39.1. The number of hydrogen-bond donors (Lipinski definition) is 0. The molecule has 7 nitrogen and oxygen atoms in total. The first-order chi connectivity index (χ1) is 19.3. The molecule has 2 saturated heterocycles. The zero-order valence-corrected chi connectivity index (χ0v) is 27.8. The lowest BCUT2D eigenvalue weighted by atomic mass is 9.92. The molecule has 0 N–H and O–H groups in total. The fraction of sp³-hybridized carbons (Fsp3) is 0.758. The van der Waals surface area contributed by atoms with Gasteiger partial charge in [-0.2, -0.15) is 0 Å². The molecule has 0 saturated carbocycles. The SMILES string of the molecule is C=C(/C=C(\C=C/CC)CN1CCN(CC2(F)CCN(C)CC2)CC1)N(C)C(C)OC.CC(=O)CCC(C)C.CC=O. The Morgan fingerprint density at radius 3 is 2.07 bits per heavy atom. The predicted octanol–water partition coefficient (Wildman–Crippen LogP) is 5.59. The maximum absolute atomic E-state index is 15.2. The Kier molecular flexibility index (Phi) is 20.8. The molecule has 0 radical (unpaired) electrons. The highest BCUT2D eigenvalue weighted by atomic mass is 19.1. The molecular weight excluding hydrogens is 519 g/mol. The molecule has 0 aromatic heterocycles. The van der Waals surface area contributed by atoms with E-state index in [1.165, 1.54) is 12.5 Å². The maximum atomic E-state index is 15.2. The molecule has 1 unspecified atom stereocenters. The second-order valence-electron chi connectivity index (χ2n) is 11.8. The summed E-state index contributed by atoms with van der Waals surface area (Å²) in [5.41, 5.74) is 1.19. The number of ether oxygens (including phenoxy) is 1. The number of nitrogens with zero attached hydrogens (tertiary/aromatic N) is 4. The standard InChI is InChI=1S/C24H43FN4O.C7H14O.C2H4O/c1-7-8-9-23(18-21(2)27(5)22(3)30-6)19-28-14-16-29(17-15-28)20-24(25)10-12-26(4)13-11-24;1-6(2)4-5-7(3)8;1-2-3/h8-9,18,22H,2,7,10-17,19-20H2,1,3-6H3;6H,4-5H2,1-3H3;2H,1H3/b9-8-,23-18+;;. The van der Waals surface area contributed by atoms with Crippen LogP contribution in [0.4, 0.5) is 4.39 Å². The minimum absolute atomic E-state index is 0.0127. The van der Waals surface area contributed by atoms with Crippen molar-refractivity contribution in [3.63, 3.8) is 0 Å². The van der Waals surface area contributed by atoms with Crippen molar-refractivity contribution in [2.24, 2.45) is 5.92 Å². The van der Waals surface area contributed by atoms with Crippen LogP contribution in [0.3, 0.4) is 0 Å². The van der Waals surface area contributed by atoms with E-state index in [0.717, 1.165) is 77.1 Å². The minimum atomic E-state index is -1.01. The molecule has 0 aliphatic carbocycles. The maximum Gasteiger partial charge on any atom is 0.129 e. The van der Waals surface area contributed by atoms with E-state index in [9.17, 15) is 4.79 Å². The van der Waals surface area contributed by atoms with Gasteiger partial charge in [-0.3, -0.25) is 9.80 Å². The molecule has 41 heavy (non-hydrogen) atoms. The first-order valence-corrected chi connectivity index (χ1v) is 15.3. The van der Waals surface area contributed by atoms with E-state index in [4.69, 9.17) is 9.53 Å². The second-order valence-corrected chi connectivity index (χ2v) is 11.8. The number of piperazine rings is 1. The Balaban J connectivity index is 0.00000123. The van der Waals surface area contributed by atoms with E-state index in [1.807, 2.05) is 18.9 Å². The number of alkyl halides is 1. The number of Topliss-reactive ketones (excluding diaryl/α,β-unsaturated/α-hetero) is 1. The third-order valence-corrected chi connectivity index (χ3v) is 7.59. The second kappa shape index (κ2) is 21.8. The van der Waals surface area contributed by atoms with Gasteiger partial charge in [0.05, 0.1) is 0 Å². The molecule has 0 aromatic carbocycles. The predicted molar refractivity (Wildman–Crippen MR) is 171 cm³/mol. The van der Waals surface area contributed by atoms with Crippen LogP contribution in [0.5, 0.6) is 0 Å². The van der Waals surface area contributed by atoms with E-state index in [0.29, 0.717) is 31.1 Å². The van der Waals surface area contributed by atoms with Gasteiger partial charge in [-0.15, -0.1) is 0 Å². The van der Waals surface area contributed by atoms with Gasteiger partial charge in [-0.25, -0.2) is 4.39 Å². The van der Waals surface area contributed by atoms with Crippen LogP contribution in [-0.4, -0.2) is 117 Å². The number of ketones is 1. The average molecular weight is 581 g/mol. The number of piperidine rings is 1. The summed E-state index contributed by atoms with van der Waals surface area (Å²) in [5.74, 6) is 0.970. The van der Waals surface area contributed by atoms with Crippen LogP contribution < -0.4 is 0 Å². The van der Waals surface area contributed by atoms with Crippen molar-refractivity contribution in [2.75, 3.05) is 73.6 Å². The zero-order chi connectivity index (χ0) is 31.4. The Bertz CT molecular complexity index is 798. The van der Waals surface area contributed by atoms with Crippen LogP contribution >= 0.6 is 0 Å². The molecule has 2 heterocycles. The van der Waals surface area contributed by atoms with Crippen LogP contribution in [0, 0.1) is 5.92 Å². The molecule has 0 amide bonds. The number of carbonyl (C=O) groups is 2. The Labute approximate surface area is 251 Å². The van der Waals surface area contributed by atoms with Crippen LogP contribution in [0.25, 0.3) is 0 Å². The summed E-state index contributed by atoms with van der Waals surface area (Å²) in [6, 6.07) is 0. The average Bonchev–Trinajstić information content (AvgIpc) is 2.93. The monoisotopic (exact) mass is 580 g/mol. The molecule has 2 fully saturated rings. The van der Waals surface area contributed by atoms with Crippen LogP contribution in [0.2, 0.25) is 0 Å². The number of hydrogen-bond acceptors (Lipinski definition) is 7. The largest absolute Gasteiger partial charge is 0.362 e. The lowest BCUT2D eigenvalue weighted by Gasteiger charge is -2.41. The van der Waals surface area contributed by atoms with Crippen LogP contribution in [0.15, 0.2) is 36.1 Å². The van der Waals surface area contributed by atoms with E-state index in [-0.39, 0.29) is 6.23 Å². The van der Waals surface area contributed by atoms with Gasteiger partial charge in [0.1, 0.15) is 24.0 Å². The highest BCUT2D eigenvalue weighted by Crippen LogP contribution is 2.27. The van der Waals surface area contributed by atoms with Crippen molar-refractivity contribution in [1.82, 2.24) is 19.6 Å². The lowest BCUT2D eigenvalue weighted by Crippen LogP contribution is -2.53. The highest BCUT2D eigenvalue weighted by Gasteiger charge is 2.36. The summed E-state index contributed by atoms with van der Waals surface area (Å²) >= 11 is 0. The van der Waals surface area contributed by atoms with Gasteiger partial charge in [-0.05, 0) is 71.1 Å². The minimum Gasteiger partial charge on any atom is -0.362 e. The Morgan fingerprint density at radius 1 is 1.10 bits per heavy atom. The normalized spacial score (nSPS) is 19.1. The number of allylic oxidation sites excluding steroid dienone is 2. The molecule has 2 rings (SSSR count). The molecule has 0 spiro atoms. The van der Waals surface area contributed by atoms with Gasteiger partial charge in [0, 0.05) is 78.6 Å². The molecule has 8 heteroatoms. The molecule has 0 aromatic rings. The summed E-state index contributed by atoms with van der Waals surface area (Å²) in [6.45, 7) is 22.8. The van der Waals surface area contributed by atoms with E-state index in [1.54, 1.807) is 14.0 Å². The smallest absolute Gasteiger partial charge is 0.129 e. The summed E-state index contributed by atoms with van der Waals surface area (Å²) in [7, 11) is 5.80. The van der Waals surface area contributed by atoms with Gasteiger partial charge < -0.3 is 24.1 Å². The third kappa shape index (κ3) is 18.3. The number of methoxy groups -OCH3 is 1. The molecule has 1 atom stereocenters. The van der Waals surface area contributed by atoms with Crippen molar-refractivity contribution in [3.8, 4) is 0 Å².